The predicted molar refractivity (Wildman–Crippen MR) is 77.4 cm³/mol. The van der Waals surface area contributed by atoms with Gasteiger partial charge < -0.3 is 21.5 Å². The summed E-state index contributed by atoms with van der Waals surface area (Å²) in [4.78, 5) is 0. The molecule has 0 saturated carbocycles. The number of rotatable bonds is 4. The molecule has 0 aliphatic carbocycles. The predicted octanol–water partition coefficient (Wildman–Crippen LogP) is 0.488. The van der Waals surface area contributed by atoms with E-state index in [0.29, 0.717) is 0 Å². The molecule has 2 heteroatoms. The maximum Gasteiger partial charge on any atom is 0.104 e. The van der Waals surface area contributed by atoms with Crippen molar-refractivity contribution in [3.8, 4) is 0 Å². The van der Waals surface area contributed by atoms with Gasteiger partial charge in [0.05, 0.1) is 21.1 Å². The van der Waals surface area contributed by atoms with Gasteiger partial charge in [0.2, 0.25) is 0 Å². The number of benzene rings is 2. The monoisotopic (exact) mass is 319 g/mol. The van der Waals surface area contributed by atoms with Gasteiger partial charge >= 0.3 is 0 Å². The highest BCUT2D eigenvalue weighted by Crippen LogP contribution is 2.12. The average molecular weight is 320 g/mol. The molecule has 0 aliphatic rings. The van der Waals surface area contributed by atoms with Crippen molar-refractivity contribution in [3.63, 3.8) is 0 Å². The first-order valence-electron chi connectivity index (χ1n) is 6.45. The van der Waals surface area contributed by atoms with Crippen LogP contribution in [-0.2, 0) is 13.0 Å². The quantitative estimate of drug-likeness (QED) is 0.719. The van der Waals surface area contributed by atoms with Crippen LogP contribution in [0.25, 0.3) is 0 Å². The summed E-state index contributed by atoms with van der Waals surface area (Å²) in [5.74, 6) is 0. The molecule has 19 heavy (non-hydrogen) atoms. The average Bonchev–Trinajstić information content (AvgIpc) is 2.31. The second-order valence-corrected chi connectivity index (χ2v) is 5.93. The van der Waals surface area contributed by atoms with Crippen molar-refractivity contribution >= 4 is 0 Å². The van der Waals surface area contributed by atoms with Crippen molar-refractivity contribution in [2.75, 3.05) is 21.1 Å². The summed E-state index contributed by atoms with van der Waals surface area (Å²) < 4.78 is 0.970. The van der Waals surface area contributed by atoms with Crippen LogP contribution in [0.3, 0.4) is 0 Å². The Morgan fingerprint density at radius 3 is 1.68 bits per heavy atom. The fourth-order valence-electron chi connectivity index (χ4n) is 2.14. The Hall–Kier alpha value is -1.12. The molecular weight excluding hydrogens is 298 g/mol. The zero-order valence-electron chi connectivity index (χ0n) is 11.9. The van der Waals surface area contributed by atoms with Gasteiger partial charge in [0.15, 0.2) is 0 Å². The van der Waals surface area contributed by atoms with Crippen LogP contribution in [0, 0.1) is 0 Å². The molecule has 0 aromatic heterocycles. The molecule has 2 aromatic rings. The van der Waals surface area contributed by atoms with E-state index in [1.807, 2.05) is 0 Å². The molecule has 0 fully saturated rings. The van der Waals surface area contributed by atoms with E-state index >= 15 is 0 Å². The highest BCUT2D eigenvalue weighted by Gasteiger charge is 2.07. The maximum absolute atomic E-state index is 2.25. The van der Waals surface area contributed by atoms with Crippen LogP contribution >= 0.6 is 0 Å². The fourth-order valence-corrected chi connectivity index (χ4v) is 2.14. The Labute approximate surface area is 127 Å². The second-order valence-electron chi connectivity index (χ2n) is 5.93. The third kappa shape index (κ3) is 5.58. The van der Waals surface area contributed by atoms with Gasteiger partial charge in [-0.05, 0) is 17.5 Å². The highest BCUT2D eigenvalue weighted by atomic mass is 79.9. The Bertz CT molecular complexity index is 483. The second kappa shape index (κ2) is 6.88. The molecule has 1 nitrogen and oxygen atoms in total. The van der Waals surface area contributed by atoms with Crippen LogP contribution in [-0.4, -0.2) is 25.6 Å². The van der Waals surface area contributed by atoms with Gasteiger partial charge in [-0.25, -0.2) is 0 Å². The summed E-state index contributed by atoms with van der Waals surface area (Å²) in [6.45, 7) is 1.08. The molecule has 2 aromatic carbocycles. The first kappa shape index (κ1) is 15.9. The van der Waals surface area contributed by atoms with Crippen molar-refractivity contribution in [1.82, 2.24) is 0 Å². The molecule has 0 unspecified atom stereocenters. The first-order valence-corrected chi connectivity index (χ1v) is 6.45. The van der Waals surface area contributed by atoms with Gasteiger partial charge in [-0.2, -0.15) is 0 Å². The molecule has 0 radical (unpaired) electrons. The summed E-state index contributed by atoms with van der Waals surface area (Å²) in [5.41, 5.74) is 4.16. The van der Waals surface area contributed by atoms with E-state index in [9.17, 15) is 0 Å². The van der Waals surface area contributed by atoms with Gasteiger partial charge in [-0.1, -0.05) is 54.6 Å². The van der Waals surface area contributed by atoms with Crippen LogP contribution in [0.15, 0.2) is 54.6 Å². The van der Waals surface area contributed by atoms with Crippen molar-refractivity contribution in [1.29, 1.82) is 0 Å². The largest absolute Gasteiger partial charge is 1.00 e. The van der Waals surface area contributed by atoms with Gasteiger partial charge in [-0.15, -0.1) is 0 Å². The van der Waals surface area contributed by atoms with E-state index in [4.69, 9.17) is 0 Å². The summed E-state index contributed by atoms with van der Waals surface area (Å²) >= 11 is 0. The summed E-state index contributed by atoms with van der Waals surface area (Å²) in [7, 11) is 6.66. The van der Waals surface area contributed by atoms with Crippen molar-refractivity contribution < 1.29 is 21.5 Å². The van der Waals surface area contributed by atoms with Crippen LogP contribution < -0.4 is 17.0 Å². The third-order valence-corrected chi connectivity index (χ3v) is 2.93. The molecule has 0 N–H and O–H groups in total. The minimum Gasteiger partial charge on any atom is -1.00 e. The molecule has 2 rings (SSSR count). The molecule has 0 aliphatic heterocycles. The van der Waals surface area contributed by atoms with Crippen LogP contribution in [0.5, 0.6) is 0 Å². The molecule has 0 heterocycles. The molecule has 0 amide bonds. The summed E-state index contributed by atoms with van der Waals surface area (Å²) in [6.07, 6.45) is 1.02. The van der Waals surface area contributed by atoms with Gasteiger partial charge in [0, 0.05) is 5.56 Å². The lowest BCUT2D eigenvalue weighted by Gasteiger charge is -2.23. The number of halogens is 1. The van der Waals surface area contributed by atoms with E-state index < -0.39 is 0 Å². The zero-order chi connectivity index (χ0) is 13.0. The lowest BCUT2D eigenvalue weighted by Crippen LogP contribution is -3.00. The van der Waals surface area contributed by atoms with E-state index in [-0.39, 0.29) is 17.0 Å². The molecule has 0 bridgehead atoms. The van der Waals surface area contributed by atoms with Gasteiger partial charge in [0.1, 0.15) is 6.54 Å². The molecular formula is C17H22BrN. The summed E-state index contributed by atoms with van der Waals surface area (Å²) in [5, 5.41) is 0. The molecule has 0 atom stereocenters. The van der Waals surface area contributed by atoms with E-state index in [1.54, 1.807) is 0 Å². The van der Waals surface area contributed by atoms with E-state index in [2.05, 4.69) is 75.7 Å². The standard InChI is InChI=1S/C17H22N.BrH/c1-18(2,3)14-17-11-9-16(10-12-17)13-15-7-5-4-6-8-15;/h4-12H,13-14H2,1-3H3;1H/q+1;/p-1. The number of hydrogen-bond acceptors (Lipinski definition) is 0. The maximum atomic E-state index is 2.25. The molecule has 0 spiro atoms. The lowest BCUT2D eigenvalue weighted by atomic mass is 10.0. The Balaban J connectivity index is 0.00000180. The van der Waals surface area contributed by atoms with E-state index in [0.717, 1.165) is 17.4 Å². The topological polar surface area (TPSA) is 0 Å². The van der Waals surface area contributed by atoms with Crippen LogP contribution in [0.1, 0.15) is 16.7 Å². The van der Waals surface area contributed by atoms with Crippen molar-refractivity contribution in [2.24, 2.45) is 0 Å². The van der Waals surface area contributed by atoms with Gasteiger partial charge in [0.25, 0.3) is 0 Å². The number of hydrogen-bond donors (Lipinski definition) is 0. The molecule has 0 saturated heterocycles. The van der Waals surface area contributed by atoms with Crippen LogP contribution in [0.4, 0.5) is 0 Å². The number of nitrogens with zero attached hydrogens (tertiary/aromatic N) is 1. The van der Waals surface area contributed by atoms with Crippen molar-refractivity contribution in [3.05, 3.63) is 71.3 Å². The smallest absolute Gasteiger partial charge is 0.104 e. The van der Waals surface area contributed by atoms with E-state index in [1.165, 1.54) is 16.7 Å². The third-order valence-electron chi connectivity index (χ3n) is 2.93. The first-order chi connectivity index (χ1) is 8.53. The van der Waals surface area contributed by atoms with Crippen LogP contribution in [0.2, 0.25) is 0 Å². The lowest BCUT2D eigenvalue weighted by molar-refractivity contribution is -0.884. The fraction of sp³-hybridized carbons (Fsp3) is 0.294. The minimum atomic E-state index is 0. The Kier molecular flexibility index (Phi) is 5.77. The highest BCUT2D eigenvalue weighted by molar-refractivity contribution is 5.28. The Morgan fingerprint density at radius 1 is 0.684 bits per heavy atom. The Morgan fingerprint density at radius 2 is 1.16 bits per heavy atom. The normalized spacial score (nSPS) is 10.9. The number of quaternary nitrogens is 1. The van der Waals surface area contributed by atoms with Crippen molar-refractivity contribution in [2.45, 2.75) is 13.0 Å². The molecule has 102 valence electrons. The zero-order valence-corrected chi connectivity index (χ0v) is 13.5. The summed E-state index contributed by atoms with van der Waals surface area (Å²) in [6, 6.07) is 19.6. The SMILES string of the molecule is C[N+](C)(C)Cc1ccc(Cc2ccccc2)cc1.[Br-]. The van der Waals surface area contributed by atoms with Gasteiger partial charge in [-0.3, -0.25) is 0 Å². The minimum absolute atomic E-state index is 0.